The van der Waals surface area contributed by atoms with Crippen LogP contribution in [0.5, 0.6) is 11.5 Å². The van der Waals surface area contributed by atoms with Crippen molar-refractivity contribution in [2.75, 3.05) is 18.6 Å². The highest BCUT2D eigenvalue weighted by Gasteiger charge is 2.32. The van der Waals surface area contributed by atoms with Crippen LogP contribution in [0.4, 0.5) is 14.9 Å². The van der Waals surface area contributed by atoms with Gasteiger partial charge in [-0.05, 0) is 45.0 Å². The molecule has 3 rings (SSSR count). The van der Waals surface area contributed by atoms with Gasteiger partial charge in [0.15, 0.2) is 0 Å². The van der Waals surface area contributed by atoms with Gasteiger partial charge in [-0.1, -0.05) is 0 Å². The molecule has 0 saturated heterocycles. The van der Waals surface area contributed by atoms with Crippen molar-refractivity contribution >= 4 is 17.7 Å². The second kappa shape index (κ2) is 8.56. The molecule has 0 unspecified atom stereocenters. The molecule has 2 aromatic rings. The quantitative estimate of drug-likeness (QED) is 0.769. The van der Waals surface area contributed by atoms with Gasteiger partial charge >= 0.3 is 6.09 Å². The predicted molar refractivity (Wildman–Crippen MR) is 107 cm³/mol. The third kappa shape index (κ3) is 5.37. The molecule has 1 aromatic carbocycles. The number of rotatable bonds is 4. The summed E-state index contributed by atoms with van der Waals surface area (Å²) in [6.07, 6.45) is 0.700. The lowest BCUT2D eigenvalue weighted by Gasteiger charge is -2.23. The maximum absolute atomic E-state index is 12.9. The van der Waals surface area contributed by atoms with Gasteiger partial charge in [0.25, 0.3) is 5.91 Å². The maximum Gasteiger partial charge on any atom is 0.408 e. The van der Waals surface area contributed by atoms with E-state index in [2.05, 4.69) is 10.3 Å². The minimum Gasteiger partial charge on any atom is -0.489 e. The summed E-state index contributed by atoms with van der Waals surface area (Å²) in [5, 5.41) is 2.55. The Balaban J connectivity index is 1.69. The van der Waals surface area contributed by atoms with Crippen molar-refractivity contribution in [2.45, 2.75) is 39.0 Å². The van der Waals surface area contributed by atoms with Crippen LogP contribution in [0.3, 0.4) is 0 Å². The number of ether oxygens (including phenoxy) is 3. The number of likely N-dealkylation sites (N-methyl/N-ethyl adjacent to an activating group) is 1. The van der Waals surface area contributed by atoms with E-state index < -0.39 is 23.7 Å². The minimum atomic E-state index is -0.896. The molecule has 2 amide bonds. The number of carbonyl (C=O) groups is 2. The van der Waals surface area contributed by atoms with Gasteiger partial charge in [0.1, 0.15) is 36.4 Å². The van der Waals surface area contributed by atoms with Crippen molar-refractivity contribution in [3.05, 3.63) is 48.0 Å². The summed E-state index contributed by atoms with van der Waals surface area (Å²) < 4.78 is 29.6. The van der Waals surface area contributed by atoms with Crippen molar-refractivity contribution in [3.63, 3.8) is 0 Å². The molecular formula is C21H24FN3O5. The fourth-order valence-electron chi connectivity index (χ4n) is 2.78. The highest BCUT2D eigenvalue weighted by Crippen LogP contribution is 2.34. The molecule has 30 heavy (non-hydrogen) atoms. The summed E-state index contributed by atoms with van der Waals surface area (Å²) in [6.45, 7) is 5.38. The lowest BCUT2D eigenvalue weighted by molar-refractivity contribution is -0.120. The fourth-order valence-corrected chi connectivity index (χ4v) is 2.78. The minimum absolute atomic E-state index is 0.0309. The summed E-state index contributed by atoms with van der Waals surface area (Å²) in [6, 6.07) is 7.00. The van der Waals surface area contributed by atoms with Crippen molar-refractivity contribution in [3.8, 4) is 11.5 Å². The Bertz CT molecular complexity index is 927. The van der Waals surface area contributed by atoms with Crippen molar-refractivity contribution < 1.29 is 28.2 Å². The van der Waals surface area contributed by atoms with Gasteiger partial charge in [0.2, 0.25) is 5.95 Å². The van der Waals surface area contributed by atoms with Crippen LogP contribution in [0.25, 0.3) is 0 Å². The lowest BCUT2D eigenvalue weighted by atomic mass is 10.2. The molecule has 160 valence electrons. The number of fused-ring (bicyclic) bond motifs is 1. The standard InChI is InChI=1S/C21H24FN3O5/c1-21(2,3)30-20(27)24-15-12-29-17-7-6-14(9-16(17)25(4)19(15)26)28-11-13-5-8-18(22)23-10-13/h5-10,15H,11-12H2,1-4H3,(H,24,27)/t15-/m0/s1. The first-order valence-electron chi connectivity index (χ1n) is 9.39. The van der Waals surface area contributed by atoms with E-state index in [0.29, 0.717) is 22.7 Å². The first-order chi connectivity index (χ1) is 14.1. The van der Waals surface area contributed by atoms with Crippen LogP contribution < -0.4 is 19.7 Å². The number of anilines is 1. The van der Waals surface area contributed by atoms with Crippen molar-refractivity contribution in [2.24, 2.45) is 0 Å². The molecular weight excluding hydrogens is 393 g/mol. The lowest BCUT2D eigenvalue weighted by Crippen LogP contribution is -2.50. The first-order valence-corrected chi connectivity index (χ1v) is 9.39. The van der Waals surface area contributed by atoms with Crippen molar-refractivity contribution in [1.29, 1.82) is 0 Å². The van der Waals surface area contributed by atoms with Crippen LogP contribution in [-0.4, -0.2) is 42.3 Å². The molecule has 0 saturated carbocycles. The molecule has 8 nitrogen and oxygen atoms in total. The molecule has 1 aliphatic heterocycles. The Morgan fingerprint density at radius 1 is 1.33 bits per heavy atom. The van der Waals surface area contributed by atoms with Crippen LogP contribution in [0.1, 0.15) is 26.3 Å². The van der Waals surface area contributed by atoms with Crippen LogP contribution >= 0.6 is 0 Å². The predicted octanol–water partition coefficient (Wildman–Crippen LogP) is 3.05. The van der Waals surface area contributed by atoms with E-state index in [4.69, 9.17) is 14.2 Å². The fraction of sp³-hybridized carbons (Fsp3) is 0.381. The molecule has 0 radical (unpaired) electrons. The zero-order valence-corrected chi connectivity index (χ0v) is 17.3. The zero-order chi connectivity index (χ0) is 21.9. The van der Waals surface area contributed by atoms with Crippen LogP contribution in [0.15, 0.2) is 36.5 Å². The van der Waals surface area contributed by atoms with Gasteiger partial charge in [-0.15, -0.1) is 0 Å². The van der Waals surface area contributed by atoms with Crippen LogP contribution in [-0.2, 0) is 16.1 Å². The molecule has 0 fully saturated rings. The number of halogens is 1. The number of nitrogens with zero attached hydrogens (tertiary/aromatic N) is 2. The summed E-state index contributed by atoms with van der Waals surface area (Å²) in [5.41, 5.74) is 0.525. The van der Waals surface area contributed by atoms with Gasteiger partial charge in [0, 0.05) is 24.9 Å². The highest BCUT2D eigenvalue weighted by atomic mass is 19.1. The molecule has 1 atom stereocenters. The summed E-state index contributed by atoms with van der Waals surface area (Å²) in [5.74, 6) is 0.0742. The zero-order valence-electron chi connectivity index (χ0n) is 17.3. The maximum atomic E-state index is 12.9. The molecule has 1 aliphatic rings. The summed E-state index contributed by atoms with van der Waals surface area (Å²) >= 11 is 0. The van der Waals surface area contributed by atoms with Gasteiger partial charge < -0.3 is 24.4 Å². The van der Waals surface area contributed by atoms with E-state index in [1.807, 2.05) is 0 Å². The first kappa shape index (κ1) is 21.4. The van der Waals surface area contributed by atoms with Crippen molar-refractivity contribution in [1.82, 2.24) is 10.3 Å². The molecule has 0 bridgehead atoms. The molecule has 0 spiro atoms. The number of alkyl carbamates (subject to hydrolysis) is 1. The average Bonchev–Trinajstić information content (AvgIpc) is 2.78. The molecule has 1 N–H and O–H groups in total. The highest BCUT2D eigenvalue weighted by molar-refractivity contribution is 6.00. The smallest absolute Gasteiger partial charge is 0.408 e. The monoisotopic (exact) mass is 417 g/mol. The number of carbonyl (C=O) groups excluding carboxylic acids is 2. The van der Waals surface area contributed by atoms with Crippen LogP contribution in [0, 0.1) is 5.95 Å². The van der Waals surface area contributed by atoms with E-state index in [-0.39, 0.29) is 19.1 Å². The number of amides is 2. The van der Waals surface area contributed by atoms with E-state index >= 15 is 0 Å². The van der Waals surface area contributed by atoms with Crippen LogP contribution in [0.2, 0.25) is 0 Å². The second-order valence-corrected chi connectivity index (χ2v) is 7.81. The molecule has 2 heterocycles. The number of hydrogen-bond acceptors (Lipinski definition) is 6. The Kier molecular flexibility index (Phi) is 6.09. The summed E-state index contributed by atoms with van der Waals surface area (Å²) in [7, 11) is 1.59. The Morgan fingerprint density at radius 2 is 2.10 bits per heavy atom. The molecule has 0 aliphatic carbocycles. The number of hydrogen-bond donors (Lipinski definition) is 1. The SMILES string of the molecule is CN1C(=O)[C@@H](NC(=O)OC(C)(C)C)COc2ccc(OCc3ccc(F)nc3)cc21. The van der Waals surface area contributed by atoms with E-state index in [1.165, 1.54) is 17.2 Å². The topological polar surface area (TPSA) is 90.0 Å². The van der Waals surface area contributed by atoms with Gasteiger partial charge in [-0.2, -0.15) is 4.39 Å². The number of aromatic nitrogens is 1. The van der Waals surface area contributed by atoms with Gasteiger partial charge in [0.05, 0.1) is 5.69 Å². The molecule has 1 aromatic heterocycles. The summed E-state index contributed by atoms with van der Waals surface area (Å²) in [4.78, 5) is 29.9. The number of nitrogens with one attached hydrogen (secondary N) is 1. The third-order valence-corrected chi connectivity index (χ3v) is 4.21. The largest absolute Gasteiger partial charge is 0.489 e. The molecule has 9 heteroatoms. The Labute approximate surface area is 173 Å². The number of benzene rings is 1. The second-order valence-electron chi connectivity index (χ2n) is 7.81. The Hall–Kier alpha value is -3.36. The van der Waals surface area contributed by atoms with E-state index in [9.17, 15) is 14.0 Å². The van der Waals surface area contributed by atoms with E-state index in [1.54, 1.807) is 52.1 Å². The van der Waals surface area contributed by atoms with Gasteiger partial charge in [-0.25, -0.2) is 9.78 Å². The number of pyridine rings is 1. The average molecular weight is 417 g/mol. The van der Waals surface area contributed by atoms with Gasteiger partial charge in [-0.3, -0.25) is 4.79 Å². The third-order valence-electron chi connectivity index (χ3n) is 4.21. The normalized spacial score (nSPS) is 16.2. The Morgan fingerprint density at radius 3 is 2.77 bits per heavy atom. The van der Waals surface area contributed by atoms with E-state index in [0.717, 1.165) is 0 Å².